The van der Waals surface area contributed by atoms with E-state index >= 15 is 0 Å². The van der Waals surface area contributed by atoms with Crippen molar-refractivity contribution in [1.82, 2.24) is 24.2 Å². The molecule has 3 aromatic rings. The van der Waals surface area contributed by atoms with E-state index in [4.69, 9.17) is 0 Å². The van der Waals surface area contributed by atoms with Crippen molar-refractivity contribution in [3.8, 4) is 17.0 Å². The first-order valence-electron chi connectivity index (χ1n) is 11.2. The minimum Gasteiger partial charge on any atom is -0.406 e. The maximum Gasteiger partial charge on any atom is 0.573 e. The molecule has 4 rings (SSSR count). The molecule has 0 spiro atoms. The number of rotatable bonds is 7. The standard InChI is InChI=1S/C23H27F3N6O2/c1-3-16(2)30-10-12-31(13-11-30)20(33)15-28-22-21(29-19-14-27-8-9-32(19)22)17-4-6-18(7-5-17)34-23(24,25)26/h4-9,14,16,28H,3,10-13,15H2,1-2H3. The molecule has 0 radical (unpaired) electrons. The Labute approximate surface area is 195 Å². The van der Waals surface area contributed by atoms with E-state index in [9.17, 15) is 18.0 Å². The lowest BCUT2D eigenvalue weighted by molar-refractivity contribution is -0.274. The maximum atomic E-state index is 12.9. The zero-order valence-electron chi connectivity index (χ0n) is 19.0. The number of anilines is 1. The molecular formula is C23H27F3N6O2. The first kappa shape index (κ1) is 23.8. The van der Waals surface area contributed by atoms with Crippen molar-refractivity contribution in [2.24, 2.45) is 0 Å². The Morgan fingerprint density at radius 2 is 1.88 bits per heavy atom. The zero-order valence-corrected chi connectivity index (χ0v) is 19.0. The SMILES string of the molecule is CCC(C)N1CCN(C(=O)CNc2c(-c3ccc(OC(F)(F)F)cc3)nc3cnccn23)CC1. The van der Waals surface area contributed by atoms with Gasteiger partial charge in [-0.2, -0.15) is 0 Å². The van der Waals surface area contributed by atoms with E-state index in [0.29, 0.717) is 41.9 Å². The van der Waals surface area contributed by atoms with Crippen LogP contribution in [0.25, 0.3) is 16.9 Å². The summed E-state index contributed by atoms with van der Waals surface area (Å²) in [6.45, 7) is 7.47. The molecule has 0 bridgehead atoms. The summed E-state index contributed by atoms with van der Waals surface area (Å²) in [6, 6.07) is 5.96. The third-order valence-corrected chi connectivity index (χ3v) is 6.08. The number of alkyl halides is 3. The Hall–Kier alpha value is -3.34. The second kappa shape index (κ2) is 9.88. The van der Waals surface area contributed by atoms with Gasteiger partial charge in [-0.25, -0.2) is 4.98 Å². The summed E-state index contributed by atoms with van der Waals surface area (Å²) in [7, 11) is 0. The van der Waals surface area contributed by atoms with Gasteiger partial charge in [-0.15, -0.1) is 13.2 Å². The number of hydrogen-bond acceptors (Lipinski definition) is 6. The average Bonchev–Trinajstić information content (AvgIpc) is 3.20. The minimum absolute atomic E-state index is 0.0207. The monoisotopic (exact) mass is 476 g/mol. The van der Waals surface area contributed by atoms with Gasteiger partial charge < -0.3 is 15.0 Å². The smallest absolute Gasteiger partial charge is 0.406 e. The minimum atomic E-state index is -4.76. The second-order valence-corrected chi connectivity index (χ2v) is 8.21. The van der Waals surface area contributed by atoms with E-state index in [0.717, 1.165) is 19.5 Å². The van der Waals surface area contributed by atoms with E-state index < -0.39 is 6.36 Å². The number of hydrogen-bond donors (Lipinski definition) is 1. The Morgan fingerprint density at radius 3 is 2.53 bits per heavy atom. The van der Waals surface area contributed by atoms with Crippen LogP contribution in [0.2, 0.25) is 0 Å². The highest BCUT2D eigenvalue weighted by Gasteiger charge is 2.31. The molecule has 0 aliphatic carbocycles. The predicted octanol–water partition coefficient (Wildman–Crippen LogP) is 3.65. The zero-order chi connectivity index (χ0) is 24.3. The normalized spacial score (nSPS) is 16.0. The van der Waals surface area contributed by atoms with Crippen LogP contribution >= 0.6 is 0 Å². The van der Waals surface area contributed by atoms with Gasteiger partial charge in [0.05, 0.1) is 12.7 Å². The fourth-order valence-corrected chi connectivity index (χ4v) is 4.03. The third kappa shape index (κ3) is 5.41. The van der Waals surface area contributed by atoms with Crippen LogP contribution in [0, 0.1) is 0 Å². The van der Waals surface area contributed by atoms with Crippen molar-refractivity contribution in [1.29, 1.82) is 0 Å². The molecule has 1 saturated heterocycles. The fraction of sp³-hybridized carbons (Fsp3) is 0.435. The molecule has 1 atom stereocenters. The third-order valence-electron chi connectivity index (χ3n) is 6.08. The van der Waals surface area contributed by atoms with Crippen molar-refractivity contribution >= 4 is 17.4 Å². The number of amides is 1. The summed E-state index contributed by atoms with van der Waals surface area (Å²) in [5, 5.41) is 3.19. The molecule has 11 heteroatoms. The van der Waals surface area contributed by atoms with Crippen molar-refractivity contribution in [3.05, 3.63) is 42.9 Å². The van der Waals surface area contributed by atoms with Crippen LogP contribution in [0.5, 0.6) is 5.75 Å². The Bertz CT molecular complexity index is 1120. The molecule has 3 heterocycles. The number of fused-ring (bicyclic) bond motifs is 1. The molecule has 2 aromatic heterocycles. The van der Waals surface area contributed by atoms with Crippen LogP contribution < -0.4 is 10.1 Å². The first-order valence-corrected chi connectivity index (χ1v) is 11.2. The van der Waals surface area contributed by atoms with Crippen LogP contribution in [-0.4, -0.2) is 75.2 Å². The van der Waals surface area contributed by atoms with Crippen LogP contribution in [-0.2, 0) is 4.79 Å². The second-order valence-electron chi connectivity index (χ2n) is 8.21. The molecule has 1 N–H and O–H groups in total. The van der Waals surface area contributed by atoms with E-state index in [1.807, 2.05) is 4.90 Å². The van der Waals surface area contributed by atoms with Gasteiger partial charge >= 0.3 is 6.36 Å². The van der Waals surface area contributed by atoms with Gasteiger partial charge in [0.1, 0.15) is 17.3 Å². The molecule has 1 aliphatic heterocycles. The largest absolute Gasteiger partial charge is 0.573 e. The number of halogens is 3. The van der Waals surface area contributed by atoms with Crippen molar-refractivity contribution in [2.45, 2.75) is 32.7 Å². The number of benzene rings is 1. The van der Waals surface area contributed by atoms with Gasteiger partial charge in [-0.1, -0.05) is 6.92 Å². The summed E-state index contributed by atoms with van der Waals surface area (Å²) >= 11 is 0. The lowest BCUT2D eigenvalue weighted by Gasteiger charge is -2.37. The number of piperazine rings is 1. The molecule has 1 unspecified atom stereocenters. The molecule has 1 fully saturated rings. The lowest BCUT2D eigenvalue weighted by Crippen LogP contribution is -2.52. The van der Waals surface area contributed by atoms with Gasteiger partial charge in [0.15, 0.2) is 5.65 Å². The van der Waals surface area contributed by atoms with Crippen molar-refractivity contribution < 1.29 is 22.7 Å². The van der Waals surface area contributed by atoms with Crippen LogP contribution in [0.1, 0.15) is 20.3 Å². The fourth-order valence-electron chi connectivity index (χ4n) is 4.03. The quantitative estimate of drug-likeness (QED) is 0.561. The first-order chi connectivity index (χ1) is 16.2. The Balaban J connectivity index is 1.49. The van der Waals surface area contributed by atoms with Crippen LogP contribution in [0.15, 0.2) is 42.9 Å². The number of carbonyl (C=O) groups excluding carboxylic acids is 1. The number of ether oxygens (including phenoxy) is 1. The molecule has 182 valence electrons. The number of aromatic nitrogens is 3. The highest BCUT2D eigenvalue weighted by atomic mass is 19.4. The van der Waals surface area contributed by atoms with E-state index in [1.165, 1.54) is 24.3 Å². The predicted molar refractivity (Wildman–Crippen MR) is 122 cm³/mol. The summed E-state index contributed by atoms with van der Waals surface area (Å²) < 4.78 is 43.2. The Morgan fingerprint density at radius 1 is 1.18 bits per heavy atom. The summed E-state index contributed by atoms with van der Waals surface area (Å²) in [4.78, 5) is 25.8. The van der Waals surface area contributed by atoms with Gasteiger partial charge in [-0.05, 0) is 37.6 Å². The summed E-state index contributed by atoms with van der Waals surface area (Å²) in [5.41, 5.74) is 1.63. The molecule has 1 amide bonds. The summed E-state index contributed by atoms with van der Waals surface area (Å²) in [5.74, 6) is 0.226. The van der Waals surface area contributed by atoms with E-state index in [2.05, 4.69) is 38.8 Å². The van der Waals surface area contributed by atoms with E-state index in [1.54, 1.807) is 23.0 Å². The van der Waals surface area contributed by atoms with Crippen LogP contribution in [0.3, 0.4) is 0 Å². The molecule has 34 heavy (non-hydrogen) atoms. The highest BCUT2D eigenvalue weighted by molar-refractivity contribution is 5.84. The van der Waals surface area contributed by atoms with E-state index in [-0.39, 0.29) is 18.2 Å². The molecular weight excluding hydrogens is 449 g/mol. The van der Waals surface area contributed by atoms with Crippen molar-refractivity contribution in [2.75, 3.05) is 38.0 Å². The summed E-state index contributed by atoms with van der Waals surface area (Å²) in [6.07, 6.45) is 1.20. The highest BCUT2D eigenvalue weighted by Crippen LogP contribution is 2.31. The average molecular weight is 477 g/mol. The van der Waals surface area contributed by atoms with Gasteiger partial charge in [0, 0.05) is 50.2 Å². The van der Waals surface area contributed by atoms with Crippen LogP contribution in [0.4, 0.5) is 19.0 Å². The number of imidazole rings is 1. The Kier molecular flexibility index (Phi) is 6.92. The topological polar surface area (TPSA) is 75.0 Å². The maximum absolute atomic E-state index is 12.9. The molecule has 1 aromatic carbocycles. The van der Waals surface area contributed by atoms with Gasteiger partial charge in [0.25, 0.3) is 0 Å². The van der Waals surface area contributed by atoms with Gasteiger partial charge in [-0.3, -0.25) is 19.1 Å². The number of nitrogens with one attached hydrogen (secondary N) is 1. The lowest BCUT2D eigenvalue weighted by atomic mass is 10.1. The molecule has 1 aliphatic rings. The van der Waals surface area contributed by atoms with Crippen molar-refractivity contribution in [3.63, 3.8) is 0 Å². The number of nitrogens with zero attached hydrogens (tertiary/aromatic N) is 5. The number of carbonyl (C=O) groups is 1. The van der Waals surface area contributed by atoms with Gasteiger partial charge in [0.2, 0.25) is 5.91 Å². The molecule has 8 nitrogen and oxygen atoms in total. The molecule has 0 saturated carbocycles.